The Balaban J connectivity index is 1.20. The summed E-state index contributed by atoms with van der Waals surface area (Å²) >= 11 is 0. The summed E-state index contributed by atoms with van der Waals surface area (Å²) in [5.74, 6) is 1.84. The molecular weight excluding hydrogens is 685 g/mol. The maximum Gasteiger partial charge on any atom is 0.164 e. The molecule has 56 heavy (non-hydrogen) atoms. The van der Waals surface area contributed by atoms with Crippen molar-refractivity contribution in [2.24, 2.45) is 0 Å². The van der Waals surface area contributed by atoms with Crippen molar-refractivity contribution in [3.05, 3.63) is 194 Å². The first-order valence-corrected chi connectivity index (χ1v) is 18.8. The Hall–Kier alpha value is -7.63. The van der Waals surface area contributed by atoms with Gasteiger partial charge >= 0.3 is 0 Å². The summed E-state index contributed by atoms with van der Waals surface area (Å²) in [6.45, 7) is 0. The maximum atomic E-state index is 6.40. The van der Waals surface area contributed by atoms with E-state index in [0.717, 1.165) is 88.4 Å². The zero-order chi connectivity index (χ0) is 37.0. The summed E-state index contributed by atoms with van der Waals surface area (Å²) in [7, 11) is 0. The second-order valence-electron chi connectivity index (χ2n) is 14.0. The predicted molar refractivity (Wildman–Crippen MR) is 229 cm³/mol. The fraction of sp³-hybridized carbons (Fsp3) is 0. The molecule has 11 aromatic rings. The molecule has 3 heterocycles. The minimum Gasteiger partial charge on any atom is -0.456 e. The lowest BCUT2D eigenvalue weighted by molar-refractivity contribution is 0.669. The van der Waals surface area contributed by atoms with Crippen LogP contribution in [0.1, 0.15) is 0 Å². The van der Waals surface area contributed by atoms with Crippen molar-refractivity contribution < 1.29 is 4.42 Å². The van der Waals surface area contributed by atoms with E-state index in [-0.39, 0.29) is 0 Å². The summed E-state index contributed by atoms with van der Waals surface area (Å²) in [6, 6.07) is 67.4. The highest BCUT2D eigenvalue weighted by molar-refractivity contribution is 6.19. The van der Waals surface area contributed by atoms with Gasteiger partial charge in [-0.25, -0.2) is 15.0 Å². The van der Waals surface area contributed by atoms with Crippen molar-refractivity contribution in [1.29, 1.82) is 0 Å². The van der Waals surface area contributed by atoms with E-state index in [1.54, 1.807) is 0 Å². The molecule has 0 atom stereocenters. The monoisotopic (exact) mass is 716 g/mol. The quantitative estimate of drug-likeness (QED) is 0.172. The summed E-state index contributed by atoms with van der Waals surface area (Å²) < 4.78 is 8.79. The Labute approximate surface area is 322 Å². The van der Waals surface area contributed by atoms with Crippen LogP contribution in [0.4, 0.5) is 0 Å². The highest BCUT2D eigenvalue weighted by Gasteiger charge is 2.22. The minimum absolute atomic E-state index is 0.601. The molecule has 3 aromatic heterocycles. The third kappa shape index (κ3) is 5.29. The molecule has 11 rings (SSSR count). The van der Waals surface area contributed by atoms with Gasteiger partial charge in [0.15, 0.2) is 17.5 Å². The number of hydrogen-bond donors (Lipinski definition) is 0. The lowest BCUT2D eigenvalue weighted by atomic mass is 9.96. The van der Waals surface area contributed by atoms with Crippen LogP contribution in [0.5, 0.6) is 0 Å². The Morgan fingerprint density at radius 3 is 1.57 bits per heavy atom. The van der Waals surface area contributed by atoms with Gasteiger partial charge in [0.25, 0.3) is 0 Å². The summed E-state index contributed by atoms with van der Waals surface area (Å²) in [6.07, 6.45) is 0. The summed E-state index contributed by atoms with van der Waals surface area (Å²) in [4.78, 5) is 15.5. The minimum atomic E-state index is 0.601. The van der Waals surface area contributed by atoms with E-state index < -0.39 is 0 Å². The van der Waals surface area contributed by atoms with E-state index in [0.29, 0.717) is 17.5 Å². The van der Waals surface area contributed by atoms with Crippen molar-refractivity contribution in [3.8, 4) is 62.1 Å². The molecule has 0 radical (unpaired) electrons. The van der Waals surface area contributed by atoms with Crippen LogP contribution in [0.15, 0.2) is 199 Å². The van der Waals surface area contributed by atoms with Crippen LogP contribution in [-0.4, -0.2) is 19.5 Å². The van der Waals surface area contributed by atoms with Gasteiger partial charge in [0.1, 0.15) is 11.2 Å². The molecule has 0 unspecified atom stereocenters. The van der Waals surface area contributed by atoms with Crippen molar-refractivity contribution in [2.75, 3.05) is 0 Å². The van der Waals surface area contributed by atoms with Crippen LogP contribution in [-0.2, 0) is 0 Å². The number of nitrogens with zero attached hydrogens (tertiary/aromatic N) is 4. The van der Waals surface area contributed by atoms with E-state index in [4.69, 9.17) is 19.4 Å². The first-order chi connectivity index (χ1) is 27.8. The fourth-order valence-corrected chi connectivity index (χ4v) is 8.07. The molecule has 5 heteroatoms. The number of rotatable bonds is 6. The molecule has 0 saturated carbocycles. The van der Waals surface area contributed by atoms with E-state index in [1.165, 1.54) is 0 Å². The molecule has 0 aliphatic rings. The topological polar surface area (TPSA) is 56.7 Å². The van der Waals surface area contributed by atoms with Crippen LogP contribution < -0.4 is 0 Å². The lowest BCUT2D eigenvalue weighted by Crippen LogP contribution is -2.01. The van der Waals surface area contributed by atoms with Crippen LogP contribution in [0, 0.1) is 0 Å². The van der Waals surface area contributed by atoms with Crippen LogP contribution in [0.3, 0.4) is 0 Å². The molecule has 0 amide bonds. The van der Waals surface area contributed by atoms with Crippen LogP contribution in [0.25, 0.3) is 106 Å². The van der Waals surface area contributed by atoms with E-state index >= 15 is 0 Å². The second kappa shape index (κ2) is 13.0. The summed E-state index contributed by atoms with van der Waals surface area (Å²) in [5, 5.41) is 4.48. The van der Waals surface area contributed by atoms with Crippen molar-refractivity contribution in [3.63, 3.8) is 0 Å². The number of para-hydroxylation sites is 2. The standard InChI is InChI=1S/C51H32N4O/c1-4-15-33(16-5-1)34-27-29-37(30-28-34)50-52-49(36-19-8-3-9-20-36)53-51(54-50)38-31-41(35-17-6-2-7-18-35)47-39-21-10-12-23-42(39)55(44(47)32-38)43-24-14-26-46-48(43)40-22-11-13-25-45(40)56-46/h1-32H. The SMILES string of the molecule is c1ccc(-c2ccc(-c3nc(-c4ccccc4)nc(-c4cc(-c5ccccc5)c5c6ccccc6n(-c6cccc7oc8ccccc8c67)c5c4)n3)cc2)cc1. The first kappa shape index (κ1) is 31.9. The largest absolute Gasteiger partial charge is 0.456 e. The normalized spacial score (nSPS) is 11.6. The molecule has 0 N–H and O–H groups in total. The molecule has 0 aliphatic carbocycles. The Morgan fingerprint density at radius 2 is 0.857 bits per heavy atom. The summed E-state index contributed by atoms with van der Waals surface area (Å²) in [5.41, 5.74) is 12.2. The Kier molecular flexibility index (Phi) is 7.42. The van der Waals surface area contributed by atoms with Crippen molar-refractivity contribution in [2.45, 2.75) is 0 Å². The fourth-order valence-electron chi connectivity index (χ4n) is 8.07. The number of hydrogen-bond acceptors (Lipinski definition) is 4. The number of aromatic nitrogens is 4. The average molecular weight is 717 g/mol. The van der Waals surface area contributed by atoms with Gasteiger partial charge in [-0.05, 0) is 58.7 Å². The Morgan fingerprint density at radius 1 is 0.339 bits per heavy atom. The van der Waals surface area contributed by atoms with Crippen molar-refractivity contribution >= 4 is 43.7 Å². The van der Waals surface area contributed by atoms with Crippen LogP contribution >= 0.6 is 0 Å². The number of benzene rings is 8. The zero-order valence-electron chi connectivity index (χ0n) is 30.2. The third-order valence-corrected chi connectivity index (χ3v) is 10.7. The van der Waals surface area contributed by atoms with E-state index in [9.17, 15) is 0 Å². The van der Waals surface area contributed by atoms with E-state index in [2.05, 4.69) is 150 Å². The molecule has 0 fully saturated rings. The molecule has 0 saturated heterocycles. The molecule has 0 spiro atoms. The highest BCUT2D eigenvalue weighted by atomic mass is 16.3. The lowest BCUT2D eigenvalue weighted by Gasteiger charge is -2.13. The van der Waals surface area contributed by atoms with Crippen LogP contribution in [0.2, 0.25) is 0 Å². The van der Waals surface area contributed by atoms with Gasteiger partial charge in [-0.1, -0.05) is 158 Å². The van der Waals surface area contributed by atoms with Gasteiger partial charge < -0.3 is 8.98 Å². The molecule has 0 aliphatic heterocycles. The number of fused-ring (bicyclic) bond motifs is 6. The second-order valence-corrected chi connectivity index (χ2v) is 14.0. The van der Waals surface area contributed by atoms with E-state index in [1.807, 2.05) is 48.5 Å². The van der Waals surface area contributed by atoms with Crippen molar-refractivity contribution in [1.82, 2.24) is 19.5 Å². The first-order valence-electron chi connectivity index (χ1n) is 18.8. The van der Waals surface area contributed by atoms with Gasteiger partial charge in [0, 0.05) is 32.8 Å². The van der Waals surface area contributed by atoms with Gasteiger partial charge in [0.05, 0.1) is 22.1 Å². The van der Waals surface area contributed by atoms with Gasteiger partial charge in [-0.3, -0.25) is 0 Å². The third-order valence-electron chi connectivity index (χ3n) is 10.7. The van der Waals surface area contributed by atoms with Gasteiger partial charge in [-0.15, -0.1) is 0 Å². The smallest absolute Gasteiger partial charge is 0.164 e. The Bertz CT molecular complexity index is 3220. The van der Waals surface area contributed by atoms with Gasteiger partial charge in [0.2, 0.25) is 0 Å². The number of furan rings is 1. The zero-order valence-corrected chi connectivity index (χ0v) is 30.2. The average Bonchev–Trinajstić information content (AvgIpc) is 3.83. The maximum absolute atomic E-state index is 6.40. The predicted octanol–water partition coefficient (Wildman–Crippen LogP) is 13.2. The van der Waals surface area contributed by atoms with Gasteiger partial charge in [-0.2, -0.15) is 0 Å². The molecule has 262 valence electrons. The molecule has 0 bridgehead atoms. The molecular formula is C51H32N4O. The molecule has 5 nitrogen and oxygen atoms in total. The highest BCUT2D eigenvalue weighted by Crippen LogP contribution is 2.43. The molecule has 8 aromatic carbocycles.